The zero-order chi connectivity index (χ0) is 10.9. The fraction of sp³-hybridized carbons (Fsp3) is 0.692. The maximum Gasteiger partial charge on any atom is 0.110 e. The average Bonchev–Trinajstić information content (AvgIpc) is 2.47. The van der Waals surface area contributed by atoms with Crippen molar-refractivity contribution in [2.75, 3.05) is 0 Å². The van der Waals surface area contributed by atoms with Crippen LogP contribution in [0.5, 0.6) is 0 Å². The molecule has 0 fully saturated rings. The summed E-state index contributed by atoms with van der Waals surface area (Å²) in [6, 6.07) is 0. The maximum atomic E-state index is 2.55. The van der Waals surface area contributed by atoms with Gasteiger partial charge in [-0.1, -0.05) is 64.6 Å². The van der Waals surface area contributed by atoms with Gasteiger partial charge >= 0.3 is 0 Å². The lowest BCUT2D eigenvalue weighted by atomic mass is 10.2. The summed E-state index contributed by atoms with van der Waals surface area (Å²) in [5.74, 6) is 0.724. The molecule has 0 aromatic carbocycles. The minimum Gasteiger partial charge on any atom is -0.0898 e. The lowest BCUT2D eigenvalue weighted by Crippen LogP contribution is -2.42. The summed E-state index contributed by atoms with van der Waals surface area (Å²) in [5, 5.41) is 1.75. The zero-order valence-corrected chi connectivity index (χ0v) is 11.5. The van der Waals surface area contributed by atoms with Gasteiger partial charge in [0.1, 0.15) is 8.07 Å². The van der Waals surface area contributed by atoms with Crippen LogP contribution in [0, 0.1) is 5.92 Å². The Hall–Kier alpha value is -0.303. The van der Waals surface area contributed by atoms with Gasteiger partial charge in [0.25, 0.3) is 0 Å². The van der Waals surface area contributed by atoms with Gasteiger partial charge in [-0.2, -0.15) is 0 Å². The van der Waals surface area contributed by atoms with Crippen LogP contribution in [0.25, 0.3) is 0 Å². The predicted molar refractivity (Wildman–Crippen MR) is 68.0 cm³/mol. The van der Waals surface area contributed by atoms with Crippen molar-refractivity contribution in [1.82, 2.24) is 0 Å². The molecule has 14 heavy (non-hydrogen) atoms. The predicted octanol–water partition coefficient (Wildman–Crippen LogP) is 4.49. The molecule has 0 spiro atoms. The van der Waals surface area contributed by atoms with Gasteiger partial charge in [0.15, 0.2) is 0 Å². The molecule has 1 aliphatic rings. The van der Waals surface area contributed by atoms with Crippen LogP contribution < -0.4 is 0 Å². The molecule has 1 aliphatic heterocycles. The summed E-state index contributed by atoms with van der Waals surface area (Å²) in [6.45, 7) is 14.3. The summed E-state index contributed by atoms with van der Waals surface area (Å²) in [6.07, 6.45) is 4.69. The smallest absolute Gasteiger partial charge is 0.0898 e. The van der Waals surface area contributed by atoms with Gasteiger partial charge in [-0.15, -0.1) is 0 Å². The molecule has 1 heterocycles. The van der Waals surface area contributed by atoms with Crippen molar-refractivity contribution < 1.29 is 0 Å². The van der Waals surface area contributed by atoms with E-state index in [1.165, 1.54) is 0 Å². The first-order chi connectivity index (χ1) is 6.43. The highest BCUT2D eigenvalue weighted by atomic mass is 28.3. The third kappa shape index (κ3) is 1.63. The Bertz CT molecular complexity index is 248. The van der Waals surface area contributed by atoms with Crippen LogP contribution in [0.2, 0.25) is 11.1 Å². The molecule has 1 heteroatoms. The van der Waals surface area contributed by atoms with E-state index in [4.69, 9.17) is 0 Å². The van der Waals surface area contributed by atoms with Gasteiger partial charge < -0.3 is 0 Å². The molecule has 0 amide bonds. The van der Waals surface area contributed by atoms with E-state index in [0.717, 1.165) is 17.0 Å². The SMILES string of the molecule is CC(C)C1=CC=C[Si]1(C(C)C)C(C)C. The van der Waals surface area contributed by atoms with Crippen molar-refractivity contribution >= 4 is 8.07 Å². The van der Waals surface area contributed by atoms with Gasteiger partial charge in [0.2, 0.25) is 0 Å². The second-order valence-electron chi connectivity index (χ2n) is 5.38. The van der Waals surface area contributed by atoms with Crippen LogP contribution >= 0.6 is 0 Å². The number of hydrogen-bond acceptors (Lipinski definition) is 0. The molecule has 0 aromatic heterocycles. The van der Waals surface area contributed by atoms with Crippen molar-refractivity contribution in [2.24, 2.45) is 5.92 Å². The molecule has 0 aromatic rings. The van der Waals surface area contributed by atoms with E-state index in [-0.39, 0.29) is 0 Å². The van der Waals surface area contributed by atoms with Crippen molar-refractivity contribution in [3.05, 3.63) is 23.0 Å². The normalized spacial score (nSPS) is 19.9. The Balaban J connectivity index is 3.11. The second-order valence-corrected chi connectivity index (χ2v) is 10.5. The molecule has 0 saturated carbocycles. The van der Waals surface area contributed by atoms with Crippen molar-refractivity contribution in [1.29, 1.82) is 0 Å². The van der Waals surface area contributed by atoms with E-state index in [2.05, 4.69) is 59.4 Å². The van der Waals surface area contributed by atoms with Gasteiger partial charge in [0.05, 0.1) is 0 Å². The van der Waals surface area contributed by atoms with Crippen molar-refractivity contribution in [2.45, 2.75) is 52.6 Å². The third-order valence-corrected chi connectivity index (χ3v) is 9.99. The molecular formula is C13H24Si. The summed E-state index contributed by atoms with van der Waals surface area (Å²) in [5.41, 5.74) is 4.21. The quantitative estimate of drug-likeness (QED) is 0.600. The first-order valence-corrected chi connectivity index (χ1v) is 8.06. The van der Waals surface area contributed by atoms with Gasteiger partial charge in [-0.25, -0.2) is 0 Å². The highest BCUT2D eigenvalue weighted by Crippen LogP contribution is 2.44. The zero-order valence-electron chi connectivity index (χ0n) is 10.5. The molecule has 0 aliphatic carbocycles. The Labute approximate surface area is 90.1 Å². The molecule has 0 saturated heterocycles. The van der Waals surface area contributed by atoms with E-state index >= 15 is 0 Å². The van der Waals surface area contributed by atoms with Crippen LogP contribution in [-0.2, 0) is 0 Å². The van der Waals surface area contributed by atoms with E-state index < -0.39 is 8.07 Å². The second kappa shape index (κ2) is 4.06. The molecule has 0 N–H and O–H groups in total. The third-order valence-electron chi connectivity index (χ3n) is 3.68. The maximum absolute atomic E-state index is 2.55. The molecule has 0 nitrogen and oxygen atoms in total. The van der Waals surface area contributed by atoms with Crippen molar-refractivity contribution in [3.63, 3.8) is 0 Å². The summed E-state index contributed by atoms with van der Waals surface area (Å²) < 4.78 is 0. The van der Waals surface area contributed by atoms with E-state index in [9.17, 15) is 0 Å². The van der Waals surface area contributed by atoms with Crippen molar-refractivity contribution in [3.8, 4) is 0 Å². The summed E-state index contributed by atoms with van der Waals surface area (Å²) >= 11 is 0. The largest absolute Gasteiger partial charge is 0.110 e. The van der Waals surface area contributed by atoms with Crippen LogP contribution in [0.1, 0.15) is 41.5 Å². The average molecular weight is 208 g/mol. The number of allylic oxidation sites excluding steroid dienone is 3. The van der Waals surface area contributed by atoms with Gasteiger partial charge in [0, 0.05) is 0 Å². The molecule has 0 bridgehead atoms. The molecule has 0 radical (unpaired) electrons. The van der Waals surface area contributed by atoms with Crippen LogP contribution in [0.4, 0.5) is 0 Å². The van der Waals surface area contributed by atoms with E-state index in [0.29, 0.717) is 0 Å². The first kappa shape index (κ1) is 11.8. The molecule has 1 rings (SSSR count). The lowest BCUT2D eigenvalue weighted by Gasteiger charge is -2.38. The van der Waals surface area contributed by atoms with E-state index in [1.807, 2.05) is 0 Å². The lowest BCUT2D eigenvalue weighted by molar-refractivity contribution is 0.781. The fourth-order valence-corrected chi connectivity index (χ4v) is 8.39. The van der Waals surface area contributed by atoms with Crippen LogP contribution in [0.3, 0.4) is 0 Å². The minimum atomic E-state index is -1.30. The minimum absolute atomic E-state index is 0.724. The summed E-state index contributed by atoms with van der Waals surface area (Å²) in [7, 11) is -1.30. The van der Waals surface area contributed by atoms with Crippen LogP contribution in [-0.4, -0.2) is 8.07 Å². The number of rotatable bonds is 3. The standard InChI is InChI=1S/C13H24Si/c1-10(2)13-8-7-9-14(13,11(3)4)12(5)6/h7-12H,1-6H3. The Morgan fingerprint density at radius 2 is 1.43 bits per heavy atom. The van der Waals surface area contributed by atoms with Crippen LogP contribution in [0.15, 0.2) is 23.0 Å². The highest BCUT2D eigenvalue weighted by Gasteiger charge is 2.43. The Kier molecular flexibility index (Phi) is 3.41. The highest BCUT2D eigenvalue weighted by molar-refractivity contribution is 6.93. The molecule has 80 valence electrons. The summed E-state index contributed by atoms with van der Waals surface area (Å²) in [4.78, 5) is 0. The fourth-order valence-electron chi connectivity index (χ4n) is 2.96. The number of hydrogen-bond donors (Lipinski definition) is 0. The Morgan fingerprint density at radius 1 is 0.929 bits per heavy atom. The monoisotopic (exact) mass is 208 g/mol. The van der Waals surface area contributed by atoms with Gasteiger partial charge in [-0.3, -0.25) is 0 Å². The Morgan fingerprint density at radius 3 is 1.71 bits per heavy atom. The topological polar surface area (TPSA) is 0 Å². The van der Waals surface area contributed by atoms with E-state index in [1.54, 1.807) is 5.20 Å². The first-order valence-electron chi connectivity index (χ1n) is 5.82. The van der Waals surface area contributed by atoms with Gasteiger partial charge in [-0.05, 0) is 17.0 Å². The molecular weight excluding hydrogens is 184 g/mol. The molecule has 0 atom stereocenters. The molecule has 0 unspecified atom stereocenters.